The van der Waals surface area contributed by atoms with Gasteiger partial charge in [-0.1, -0.05) is 13.8 Å². The molecule has 0 saturated carbocycles. The van der Waals surface area contributed by atoms with E-state index in [1.165, 1.54) is 0 Å². The Bertz CT molecular complexity index is 307. The molecule has 0 aliphatic rings. The molecule has 0 fully saturated rings. The van der Waals surface area contributed by atoms with Crippen molar-refractivity contribution in [2.45, 2.75) is 46.2 Å². The van der Waals surface area contributed by atoms with Gasteiger partial charge in [0.05, 0.1) is 6.61 Å². The van der Waals surface area contributed by atoms with Crippen molar-refractivity contribution in [2.75, 3.05) is 13.2 Å². The van der Waals surface area contributed by atoms with Gasteiger partial charge >= 0.3 is 0 Å². The molecule has 98 valence electrons. The summed E-state index contributed by atoms with van der Waals surface area (Å²) in [5, 5.41) is 0. The van der Waals surface area contributed by atoms with Gasteiger partial charge in [-0.2, -0.15) is 0 Å². The number of imidazole rings is 1. The lowest BCUT2D eigenvalue weighted by atomic mass is 10.1. The van der Waals surface area contributed by atoms with Crippen LogP contribution in [0.1, 0.15) is 33.0 Å². The maximum Gasteiger partial charge on any atom is 0.110 e. The Labute approximate surface area is 104 Å². The average molecular weight is 239 g/mol. The fourth-order valence-corrected chi connectivity index (χ4v) is 1.61. The van der Waals surface area contributed by atoms with E-state index in [0.29, 0.717) is 5.92 Å². The Balaban J connectivity index is 2.24. The van der Waals surface area contributed by atoms with E-state index in [1.807, 2.05) is 19.3 Å². The van der Waals surface area contributed by atoms with Crippen LogP contribution in [0.25, 0.3) is 0 Å². The van der Waals surface area contributed by atoms with E-state index in [-0.39, 0.29) is 6.04 Å². The highest BCUT2D eigenvalue weighted by atomic mass is 16.5. The van der Waals surface area contributed by atoms with Crippen LogP contribution in [-0.4, -0.2) is 28.8 Å². The van der Waals surface area contributed by atoms with E-state index >= 15 is 0 Å². The lowest BCUT2D eigenvalue weighted by Gasteiger charge is -2.10. The van der Waals surface area contributed by atoms with Gasteiger partial charge in [-0.15, -0.1) is 0 Å². The minimum absolute atomic E-state index is 0.151. The molecule has 1 atom stereocenters. The molecule has 1 aromatic rings. The van der Waals surface area contributed by atoms with Crippen LogP contribution in [0.4, 0.5) is 0 Å². The van der Waals surface area contributed by atoms with Crippen molar-refractivity contribution in [1.29, 1.82) is 0 Å². The van der Waals surface area contributed by atoms with Crippen LogP contribution >= 0.6 is 0 Å². The van der Waals surface area contributed by atoms with Crippen molar-refractivity contribution in [3.8, 4) is 0 Å². The highest BCUT2D eigenvalue weighted by molar-refractivity contribution is 4.94. The molecule has 1 rings (SSSR count). The molecular formula is C13H25N3O. The highest BCUT2D eigenvalue weighted by Crippen LogP contribution is 2.02. The molecule has 4 nitrogen and oxygen atoms in total. The molecule has 17 heavy (non-hydrogen) atoms. The lowest BCUT2D eigenvalue weighted by molar-refractivity contribution is 0.115. The molecule has 0 saturated heterocycles. The van der Waals surface area contributed by atoms with E-state index in [1.54, 1.807) is 0 Å². The quantitative estimate of drug-likeness (QED) is 0.704. The first kappa shape index (κ1) is 14.2. The van der Waals surface area contributed by atoms with Gasteiger partial charge in [-0.3, -0.25) is 0 Å². The standard InChI is InChI=1S/C13H25N3O/c1-11(2)4-8-17-9-7-16-6-5-15-13(16)10-12(3)14/h5-6,11-12H,4,7-10,14H2,1-3H3. The van der Waals surface area contributed by atoms with Gasteiger partial charge in [-0.05, 0) is 19.3 Å². The molecule has 0 aliphatic heterocycles. The van der Waals surface area contributed by atoms with Crippen LogP contribution in [0, 0.1) is 5.92 Å². The van der Waals surface area contributed by atoms with Gasteiger partial charge in [0.1, 0.15) is 5.82 Å². The molecular weight excluding hydrogens is 214 g/mol. The number of nitrogens with two attached hydrogens (primary N) is 1. The van der Waals surface area contributed by atoms with Crippen LogP contribution in [0.15, 0.2) is 12.4 Å². The zero-order chi connectivity index (χ0) is 12.7. The summed E-state index contributed by atoms with van der Waals surface area (Å²) in [6.07, 6.45) is 5.75. The molecule has 0 radical (unpaired) electrons. The molecule has 4 heteroatoms. The third kappa shape index (κ3) is 5.84. The number of hydrogen-bond acceptors (Lipinski definition) is 3. The Morgan fingerprint density at radius 3 is 2.76 bits per heavy atom. The summed E-state index contributed by atoms with van der Waals surface area (Å²) >= 11 is 0. The van der Waals surface area contributed by atoms with Crippen LogP contribution in [-0.2, 0) is 17.7 Å². The highest BCUT2D eigenvalue weighted by Gasteiger charge is 2.05. The normalized spacial score (nSPS) is 13.2. The van der Waals surface area contributed by atoms with Crippen LogP contribution in [0.2, 0.25) is 0 Å². The smallest absolute Gasteiger partial charge is 0.110 e. The summed E-state index contributed by atoms with van der Waals surface area (Å²) in [4.78, 5) is 4.31. The first-order chi connectivity index (χ1) is 8.09. The molecule has 0 aromatic carbocycles. The summed E-state index contributed by atoms with van der Waals surface area (Å²) in [7, 11) is 0. The number of rotatable bonds is 8. The Morgan fingerprint density at radius 1 is 1.35 bits per heavy atom. The SMILES string of the molecule is CC(C)CCOCCn1ccnc1CC(C)N. The third-order valence-corrected chi connectivity index (χ3v) is 2.62. The van der Waals surface area contributed by atoms with Gasteiger partial charge in [0, 0.05) is 38.0 Å². The molecule has 1 unspecified atom stereocenters. The lowest BCUT2D eigenvalue weighted by Crippen LogP contribution is -2.21. The topological polar surface area (TPSA) is 53.1 Å². The van der Waals surface area contributed by atoms with Gasteiger partial charge in [-0.25, -0.2) is 4.98 Å². The van der Waals surface area contributed by atoms with E-state index in [4.69, 9.17) is 10.5 Å². The number of nitrogens with zero attached hydrogens (tertiary/aromatic N) is 2. The fourth-order valence-electron chi connectivity index (χ4n) is 1.61. The average Bonchev–Trinajstić information content (AvgIpc) is 2.64. The summed E-state index contributed by atoms with van der Waals surface area (Å²) in [5.74, 6) is 1.75. The molecule has 0 bridgehead atoms. The second-order valence-corrected chi connectivity index (χ2v) is 5.01. The molecule has 2 N–H and O–H groups in total. The van der Waals surface area contributed by atoms with Gasteiger partial charge < -0.3 is 15.0 Å². The Kier molecular flexibility index (Phi) is 6.22. The molecule has 0 spiro atoms. The predicted octanol–water partition coefficient (Wildman–Crippen LogP) is 1.84. The zero-order valence-electron chi connectivity index (χ0n) is 11.2. The first-order valence-electron chi connectivity index (χ1n) is 6.43. The number of ether oxygens (including phenoxy) is 1. The van der Waals surface area contributed by atoms with Crippen molar-refractivity contribution in [2.24, 2.45) is 11.7 Å². The molecule has 0 amide bonds. The first-order valence-corrected chi connectivity index (χ1v) is 6.43. The summed E-state index contributed by atoms with van der Waals surface area (Å²) in [6.45, 7) is 8.86. The maximum atomic E-state index is 5.78. The van der Waals surface area contributed by atoms with Crippen molar-refractivity contribution >= 4 is 0 Å². The van der Waals surface area contributed by atoms with Gasteiger partial charge in [0.2, 0.25) is 0 Å². The summed E-state index contributed by atoms with van der Waals surface area (Å²) in [6, 6.07) is 0.151. The number of hydrogen-bond donors (Lipinski definition) is 1. The van der Waals surface area contributed by atoms with E-state index in [2.05, 4.69) is 23.4 Å². The van der Waals surface area contributed by atoms with E-state index in [9.17, 15) is 0 Å². The van der Waals surface area contributed by atoms with Crippen LogP contribution in [0.3, 0.4) is 0 Å². The van der Waals surface area contributed by atoms with Gasteiger partial charge in [0.25, 0.3) is 0 Å². The predicted molar refractivity (Wildman–Crippen MR) is 69.9 cm³/mol. The monoisotopic (exact) mass is 239 g/mol. The summed E-state index contributed by atoms with van der Waals surface area (Å²) < 4.78 is 7.72. The fraction of sp³-hybridized carbons (Fsp3) is 0.769. The molecule has 1 heterocycles. The van der Waals surface area contributed by atoms with Crippen molar-refractivity contribution in [3.63, 3.8) is 0 Å². The van der Waals surface area contributed by atoms with E-state index in [0.717, 1.165) is 38.4 Å². The second kappa shape index (κ2) is 7.45. The van der Waals surface area contributed by atoms with E-state index < -0.39 is 0 Å². The second-order valence-electron chi connectivity index (χ2n) is 5.01. The minimum Gasteiger partial charge on any atom is -0.380 e. The largest absolute Gasteiger partial charge is 0.380 e. The molecule has 0 aliphatic carbocycles. The Morgan fingerprint density at radius 2 is 2.12 bits per heavy atom. The summed E-state index contributed by atoms with van der Waals surface area (Å²) in [5.41, 5.74) is 5.78. The van der Waals surface area contributed by atoms with Crippen molar-refractivity contribution < 1.29 is 4.74 Å². The minimum atomic E-state index is 0.151. The van der Waals surface area contributed by atoms with Gasteiger partial charge in [0.15, 0.2) is 0 Å². The Hall–Kier alpha value is -0.870. The van der Waals surface area contributed by atoms with Crippen molar-refractivity contribution in [3.05, 3.63) is 18.2 Å². The van der Waals surface area contributed by atoms with Crippen LogP contribution in [0.5, 0.6) is 0 Å². The number of aromatic nitrogens is 2. The van der Waals surface area contributed by atoms with Crippen LogP contribution < -0.4 is 5.73 Å². The zero-order valence-corrected chi connectivity index (χ0v) is 11.2. The molecule has 1 aromatic heterocycles. The third-order valence-electron chi connectivity index (χ3n) is 2.62. The maximum absolute atomic E-state index is 5.78. The van der Waals surface area contributed by atoms with Crippen molar-refractivity contribution in [1.82, 2.24) is 9.55 Å².